The Morgan fingerprint density at radius 3 is 1.25 bits per heavy atom. The predicted octanol–water partition coefficient (Wildman–Crippen LogP) is 6.23. The van der Waals surface area contributed by atoms with Crippen LogP contribution in [0.4, 0.5) is 4.79 Å². The van der Waals surface area contributed by atoms with Crippen molar-refractivity contribution in [1.82, 2.24) is 0 Å². The summed E-state index contributed by atoms with van der Waals surface area (Å²) in [7, 11) is -6.73. The highest BCUT2D eigenvalue weighted by molar-refractivity contribution is 7.01. The molecule has 0 aliphatic rings. The first-order valence-electron chi connectivity index (χ1n) is 12.2. The molecule has 0 rings (SSSR count). The monoisotopic (exact) mass is 546 g/mol. The lowest BCUT2D eigenvalue weighted by Crippen LogP contribution is -2.51. The molecule has 188 valence electrons. The smallest absolute Gasteiger partial charge is 0.438 e. The van der Waals surface area contributed by atoms with Crippen molar-refractivity contribution in [2.24, 2.45) is 0 Å². The molecule has 0 fully saturated rings. The van der Waals surface area contributed by atoms with Crippen LogP contribution in [0.25, 0.3) is 0 Å². The molecule has 0 aromatic rings. The van der Waals surface area contributed by atoms with Gasteiger partial charge in [-0.15, -0.1) is 24.6 Å². The van der Waals surface area contributed by atoms with Crippen LogP contribution in [0.2, 0.25) is 73.0 Å². The zero-order chi connectivity index (χ0) is 25.6. The predicted molar refractivity (Wildman–Crippen MR) is 162 cm³/mol. The summed E-state index contributed by atoms with van der Waals surface area (Å²) in [5.41, 5.74) is 6.91. The largest absolute Gasteiger partial charge is 0.507 e. The summed E-state index contributed by atoms with van der Waals surface area (Å²) in [6.45, 7) is 37.2. The third kappa shape index (κ3) is 10.1. The molecule has 0 amide bonds. The zero-order valence-electron chi connectivity index (χ0n) is 23.5. The molecule has 0 atom stereocenters. The van der Waals surface area contributed by atoms with Gasteiger partial charge >= 0.3 is 6.16 Å². The van der Waals surface area contributed by atoms with Crippen LogP contribution in [0.15, 0.2) is 24.6 Å². The minimum atomic E-state index is -1.65. The second kappa shape index (κ2) is 11.7. The SMILES string of the molecule is C=C[SiH2]C(C)(C)[Si](C)(C)C[Si](C)(C)COC(=O)OC[Si](C)(C)C[Si](C)(C)C(C)(C)[SiH2]C=C. The van der Waals surface area contributed by atoms with E-state index in [4.69, 9.17) is 9.47 Å². The first kappa shape index (κ1) is 32.1. The highest BCUT2D eigenvalue weighted by Crippen LogP contribution is 2.42. The quantitative estimate of drug-likeness (QED) is 0.191. The highest BCUT2D eigenvalue weighted by atomic mass is 28.4. The zero-order valence-corrected chi connectivity index (χ0v) is 30.4. The van der Waals surface area contributed by atoms with Gasteiger partial charge < -0.3 is 9.47 Å². The lowest BCUT2D eigenvalue weighted by atomic mass is 10.5. The molecule has 32 heavy (non-hydrogen) atoms. The molecule has 0 aromatic carbocycles. The summed E-state index contributed by atoms with van der Waals surface area (Å²) in [6, 6.07) is 0. The van der Waals surface area contributed by atoms with Gasteiger partial charge in [0.25, 0.3) is 0 Å². The molecule has 0 bridgehead atoms. The van der Waals surface area contributed by atoms with E-state index in [-0.39, 0.29) is 19.0 Å². The molecule has 0 aromatic heterocycles. The lowest BCUT2D eigenvalue weighted by molar-refractivity contribution is 0.0778. The van der Waals surface area contributed by atoms with Gasteiger partial charge in [0, 0.05) is 35.2 Å². The average Bonchev–Trinajstić information content (AvgIpc) is 2.56. The number of hydrogen-bond donors (Lipinski definition) is 0. The van der Waals surface area contributed by atoms with Crippen LogP contribution in [-0.4, -0.2) is 70.0 Å². The van der Waals surface area contributed by atoms with Crippen molar-refractivity contribution in [1.29, 1.82) is 0 Å². The maximum Gasteiger partial charge on any atom is 0.507 e. The van der Waals surface area contributed by atoms with E-state index in [0.29, 0.717) is 21.8 Å². The van der Waals surface area contributed by atoms with E-state index in [2.05, 4.69) is 105 Å². The van der Waals surface area contributed by atoms with Crippen molar-refractivity contribution in [3.63, 3.8) is 0 Å². The minimum absolute atomic E-state index is 0.285. The summed E-state index contributed by atoms with van der Waals surface area (Å²) in [5.74, 6) is 0. The Hall–Kier alpha value is 0.0513. The normalized spacial score (nSPS) is 14.9. The number of hydrogen-bond acceptors (Lipinski definition) is 3. The maximum absolute atomic E-state index is 12.5. The Kier molecular flexibility index (Phi) is 11.7. The molecular formula is C23H54O3Si6. The van der Waals surface area contributed by atoms with Gasteiger partial charge in [-0.25, -0.2) is 4.79 Å². The molecule has 0 heterocycles. The molecule has 9 heteroatoms. The second-order valence-electron chi connectivity index (χ2n) is 14.0. The van der Waals surface area contributed by atoms with Gasteiger partial charge in [0.05, 0.1) is 28.6 Å². The Labute approximate surface area is 208 Å². The molecule has 0 aliphatic heterocycles. The first-order valence-corrected chi connectivity index (χ1v) is 28.4. The van der Waals surface area contributed by atoms with Crippen molar-refractivity contribution in [3.8, 4) is 0 Å². The third-order valence-corrected chi connectivity index (χ3v) is 41.5. The van der Waals surface area contributed by atoms with Crippen molar-refractivity contribution < 1.29 is 14.3 Å². The van der Waals surface area contributed by atoms with E-state index >= 15 is 0 Å². The van der Waals surface area contributed by atoms with Gasteiger partial charge in [-0.05, 0) is 9.32 Å². The van der Waals surface area contributed by atoms with Gasteiger partial charge in [0.15, 0.2) is 0 Å². The lowest BCUT2D eigenvalue weighted by Gasteiger charge is -2.43. The van der Waals surface area contributed by atoms with Crippen molar-refractivity contribution >= 4 is 57.5 Å². The fraction of sp³-hybridized carbons (Fsp3) is 0.783. The van der Waals surface area contributed by atoms with E-state index in [1.165, 1.54) is 11.3 Å². The number of carbonyl (C=O) groups is 1. The summed E-state index contributed by atoms with van der Waals surface area (Å²) in [5, 5.41) is 0. The number of carbonyl (C=O) groups excluding carboxylic acids is 1. The highest BCUT2D eigenvalue weighted by Gasteiger charge is 2.44. The van der Waals surface area contributed by atoms with Crippen LogP contribution in [0.3, 0.4) is 0 Å². The van der Waals surface area contributed by atoms with E-state index in [9.17, 15) is 4.79 Å². The first-order chi connectivity index (χ1) is 14.1. The van der Waals surface area contributed by atoms with Crippen molar-refractivity contribution in [2.75, 3.05) is 12.5 Å². The third-order valence-electron chi connectivity index (χ3n) is 7.98. The van der Waals surface area contributed by atoms with Crippen LogP contribution < -0.4 is 0 Å². The standard InChI is InChI=1S/C23H54O3Si6/c1-15-27-22(3,4)31(11,12)19-29(7,8)17-25-21(24)26-18-30(9,10)20-32(13,14)23(5,6)28-16-2/h15-16H,1-2,17-20,27-28H2,3-14H3. The van der Waals surface area contributed by atoms with Crippen molar-refractivity contribution in [2.45, 2.75) is 101 Å². The molecule has 0 aliphatic carbocycles. The fourth-order valence-electron chi connectivity index (χ4n) is 4.80. The summed E-state index contributed by atoms with van der Waals surface area (Å²) < 4.78 is 12.3. The van der Waals surface area contributed by atoms with Crippen LogP contribution in [0.1, 0.15) is 27.7 Å². The van der Waals surface area contributed by atoms with Gasteiger partial charge in [0.2, 0.25) is 0 Å². The van der Waals surface area contributed by atoms with E-state index in [0.717, 1.165) is 0 Å². The second-order valence-corrected chi connectivity index (χ2v) is 43.3. The fourth-order valence-corrected chi connectivity index (χ4v) is 38.6. The Balaban J connectivity index is 4.86. The van der Waals surface area contributed by atoms with E-state index < -0.39 is 38.5 Å². The molecule has 0 unspecified atom stereocenters. The van der Waals surface area contributed by atoms with Gasteiger partial charge in [-0.3, -0.25) is 0 Å². The summed E-state index contributed by atoms with van der Waals surface area (Å²) >= 11 is 0. The van der Waals surface area contributed by atoms with Crippen LogP contribution >= 0.6 is 0 Å². The van der Waals surface area contributed by atoms with Gasteiger partial charge in [-0.2, -0.15) is 0 Å². The summed E-state index contributed by atoms with van der Waals surface area (Å²) in [6.07, 6.45) is 0.673. The van der Waals surface area contributed by atoms with Crippen LogP contribution in [0.5, 0.6) is 0 Å². The van der Waals surface area contributed by atoms with Crippen LogP contribution in [-0.2, 0) is 9.47 Å². The number of rotatable bonds is 14. The van der Waals surface area contributed by atoms with Crippen molar-refractivity contribution in [3.05, 3.63) is 24.6 Å². The Morgan fingerprint density at radius 2 is 1.00 bits per heavy atom. The van der Waals surface area contributed by atoms with Gasteiger partial charge in [0.1, 0.15) is 0 Å². The van der Waals surface area contributed by atoms with E-state index in [1.807, 2.05) is 0 Å². The molecule has 0 spiro atoms. The molecular weight excluding hydrogens is 493 g/mol. The molecule has 0 saturated carbocycles. The Bertz CT molecular complexity index is 600. The minimum Gasteiger partial charge on any atom is -0.438 e. The van der Waals surface area contributed by atoms with Crippen LogP contribution in [0, 0.1) is 0 Å². The topological polar surface area (TPSA) is 35.5 Å². The number of ether oxygens (including phenoxy) is 2. The maximum atomic E-state index is 12.5. The van der Waals surface area contributed by atoms with E-state index in [1.54, 1.807) is 0 Å². The average molecular weight is 547 g/mol. The molecule has 0 N–H and O–H groups in total. The molecule has 3 nitrogen and oxygen atoms in total. The Morgan fingerprint density at radius 1 is 0.719 bits per heavy atom. The molecule has 0 radical (unpaired) electrons. The van der Waals surface area contributed by atoms with Gasteiger partial charge in [-0.1, -0.05) is 91.4 Å². The molecule has 0 saturated heterocycles. The summed E-state index contributed by atoms with van der Waals surface area (Å²) in [4.78, 5) is 12.5.